The molecule has 0 radical (unpaired) electrons. The molecule has 0 aliphatic carbocycles. The van der Waals surface area contributed by atoms with Crippen LogP contribution in [0.2, 0.25) is 0 Å². The third kappa shape index (κ3) is 3.90. The Morgan fingerprint density at radius 2 is 2.12 bits per heavy atom. The number of benzene rings is 1. The number of carbonyl (C=O) groups excluding carboxylic acids is 1. The quantitative estimate of drug-likeness (QED) is 0.569. The van der Waals surface area contributed by atoms with Gasteiger partial charge in [-0.2, -0.15) is 10.2 Å². The molecule has 2 aromatic heterocycles. The van der Waals surface area contributed by atoms with Gasteiger partial charge in [0, 0.05) is 11.1 Å². The summed E-state index contributed by atoms with van der Waals surface area (Å²) < 4.78 is 1.67. The van der Waals surface area contributed by atoms with Crippen molar-refractivity contribution in [2.24, 2.45) is 5.10 Å². The second kappa shape index (κ2) is 7.14. The number of hydrazone groups is 1. The van der Waals surface area contributed by atoms with E-state index in [9.17, 15) is 4.79 Å². The zero-order valence-corrected chi connectivity index (χ0v) is 14.1. The molecular formula is C16H16N6OS. The second-order valence-corrected chi connectivity index (χ2v) is 6.12. The standard InChI is InChI=1S/C16H16N6OS/c1-11-8-24-16(19-11)7-15(23)21-20-12(2)13-3-5-14(6-4-13)22-10-17-9-18-22/h3-6,8-10H,7H2,1-2H3,(H,21,23)/b20-12-. The number of carbonyl (C=O) groups is 1. The number of aryl methyl sites for hydroxylation is 1. The van der Waals surface area contributed by atoms with E-state index in [0.29, 0.717) is 0 Å². The highest BCUT2D eigenvalue weighted by Gasteiger charge is 2.06. The zero-order valence-electron chi connectivity index (χ0n) is 13.3. The number of hydrogen-bond acceptors (Lipinski definition) is 6. The van der Waals surface area contributed by atoms with Crippen LogP contribution in [0.15, 0.2) is 47.4 Å². The summed E-state index contributed by atoms with van der Waals surface area (Å²) in [5, 5.41) is 10.9. The molecule has 0 fully saturated rings. The Morgan fingerprint density at radius 1 is 1.33 bits per heavy atom. The van der Waals surface area contributed by atoms with E-state index in [2.05, 4.69) is 25.6 Å². The van der Waals surface area contributed by atoms with Crippen molar-refractivity contribution in [2.75, 3.05) is 0 Å². The van der Waals surface area contributed by atoms with Gasteiger partial charge in [0.2, 0.25) is 5.91 Å². The molecule has 7 nitrogen and oxygen atoms in total. The van der Waals surface area contributed by atoms with Crippen molar-refractivity contribution in [3.63, 3.8) is 0 Å². The summed E-state index contributed by atoms with van der Waals surface area (Å²) in [6, 6.07) is 7.69. The summed E-state index contributed by atoms with van der Waals surface area (Å²) in [5.74, 6) is -0.178. The molecule has 0 saturated carbocycles. The van der Waals surface area contributed by atoms with E-state index in [4.69, 9.17) is 0 Å². The largest absolute Gasteiger partial charge is 0.273 e. The molecule has 0 atom stereocenters. The van der Waals surface area contributed by atoms with Crippen LogP contribution in [0.5, 0.6) is 0 Å². The van der Waals surface area contributed by atoms with Crippen molar-refractivity contribution in [3.8, 4) is 5.69 Å². The average molecular weight is 340 g/mol. The van der Waals surface area contributed by atoms with Gasteiger partial charge in [0.15, 0.2) is 0 Å². The number of nitrogens with one attached hydrogen (secondary N) is 1. The molecule has 3 aromatic rings. The van der Waals surface area contributed by atoms with Crippen LogP contribution in [0.4, 0.5) is 0 Å². The zero-order chi connectivity index (χ0) is 16.9. The van der Waals surface area contributed by atoms with E-state index in [1.807, 2.05) is 43.5 Å². The molecule has 0 aliphatic heterocycles. The van der Waals surface area contributed by atoms with Gasteiger partial charge in [-0.05, 0) is 31.5 Å². The van der Waals surface area contributed by atoms with Gasteiger partial charge < -0.3 is 0 Å². The van der Waals surface area contributed by atoms with Crippen LogP contribution in [-0.2, 0) is 11.2 Å². The van der Waals surface area contributed by atoms with E-state index < -0.39 is 0 Å². The number of aromatic nitrogens is 4. The lowest BCUT2D eigenvalue weighted by Gasteiger charge is -2.04. The normalized spacial score (nSPS) is 11.5. The van der Waals surface area contributed by atoms with E-state index in [1.165, 1.54) is 17.7 Å². The molecule has 0 aliphatic rings. The van der Waals surface area contributed by atoms with Crippen molar-refractivity contribution in [1.29, 1.82) is 0 Å². The molecule has 0 unspecified atom stereocenters. The molecule has 1 amide bonds. The summed E-state index contributed by atoms with van der Waals surface area (Å²) in [5.41, 5.74) is 6.05. The summed E-state index contributed by atoms with van der Waals surface area (Å²) in [6.45, 7) is 3.75. The highest BCUT2D eigenvalue weighted by atomic mass is 32.1. The maximum atomic E-state index is 11.9. The Balaban J connectivity index is 1.61. The molecular weight excluding hydrogens is 324 g/mol. The minimum atomic E-state index is -0.178. The molecule has 2 heterocycles. The Morgan fingerprint density at radius 3 is 2.75 bits per heavy atom. The van der Waals surface area contributed by atoms with Gasteiger partial charge in [-0.15, -0.1) is 11.3 Å². The van der Waals surface area contributed by atoms with E-state index in [1.54, 1.807) is 11.0 Å². The van der Waals surface area contributed by atoms with Crippen LogP contribution in [0, 0.1) is 6.92 Å². The van der Waals surface area contributed by atoms with E-state index in [-0.39, 0.29) is 12.3 Å². The predicted molar refractivity (Wildman–Crippen MR) is 92.3 cm³/mol. The number of thiazole rings is 1. The van der Waals surface area contributed by atoms with E-state index in [0.717, 1.165) is 27.7 Å². The number of amides is 1. The molecule has 122 valence electrons. The topological polar surface area (TPSA) is 85.1 Å². The third-order valence-corrected chi connectivity index (χ3v) is 4.26. The first kappa shape index (κ1) is 16.0. The van der Waals surface area contributed by atoms with Gasteiger partial charge in [0.05, 0.1) is 17.8 Å². The fourth-order valence-corrected chi connectivity index (χ4v) is 2.84. The molecule has 0 spiro atoms. The lowest BCUT2D eigenvalue weighted by Crippen LogP contribution is -2.21. The molecule has 1 aromatic carbocycles. The maximum absolute atomic E-state index is 11.9. The summed E-state index contributed by atoms with van der Waals surface area (Å²) in [6.07, 6.45) is 3.36. The summed E-state index contributed by atoms with van der Waals surface area (Å²) >= 11 is 1.47. The first-order chi connectivity index (χ1) is 11.6. The highest BCUT2D eigenvalue weighted by molar-refractivity contribution is 7.09. The third-order valence-electron chi connectivity index (χ3n) is 3.30. The van der Waals surface area contributed by atoms with Crippen LogP contribution in [0.3, 0.4) is 0 Å². The van der Waals surface area contributed by atoms with Crippen molar-refractivity contribution >= 4 is 23.0 Å². The van der Waals surface area contributed by atoms with Crippen LogP contribution in [0.25, 0.3) is 5.69 Å². The van der Waals surface area contributed by atoms with Gasteiger partial charge in [0.25, 0.3) is 0 Å². The minimum absolute atomic E-state index is 0.178. The molecule has 3 rings (SSSR count). The molecule has 0 saturated heterocycles. The predicted octanol–water partition coefficient (Wildman–Crippen LogP) is 2.12. The first-order valence-electron chi connectivity index (χ1n) is 7.31. The number of nitrogens with zero attached hydrogens (tertiary/aromatic N) is 5. The fourth-order valence-electron chi connectivity index (χ4n) is 2.07. The first-order valence-corrected chi connectivity index (χ1v) is 8.19. The summed E-state index contributed by atoms with van der Waals surface area (Å²) in [4.78, 5) is 20.1. The maximum Gasteiger partial charge on any atom is 0.246 e. The van der Waals surface area contributed by atoms with Gasteiger partial charge in [-0.25, -0.2) is 20.1 Å². The van der Waals surface area contributed by atoms with Crippen molar-refractivity contribution < 1.29 is 4.79 Å². The fraction of sp³-hybridized carbons (Fsp3) is 0.188. The van der Waals surface area contributed by atoms with Crippen LogP contribution < -0.4 is 5.43 Å². The van der Waals surface area contributed by atoms with Crippen molar-refractivity contribution in [3.05, 3.63) is 58.6 Å². The number of rotatable bonds is 5. The van der Waals surface area contributed by atoms with Gasteiger partial charge in [-0.1, -0.05) is 12.1 Å². The van der Waals surface area contributed by atoms with Crippen molar-refractivity contribution in [2.45, 2.75) is 20.3 Å². The number of hydrogen-bond donors (Lipinski definition) is 1. The Labute approximate surface area is 143 Å². The van der Waals surface area contributed by atoms with Crippen LogP contribution >= 0.6 is 11.3 Å². The Bertz CT molecular complexity index is 851. The smallest absolute Gasteiger partial charge is 0.246 e. The van der Waals surface area contributed by atoms with Gasteiger partial charge in [0.1, 0.15) is 17.7 Å². The minimum Gasteiger partial charge on any atom is -0.273 e. The lowest BCUT2D eigenvalue weighted by atomic mass is 10.1. The van der Waals surface area contributed by atoms with Crippen LogP contribution in [-0.4, -0.2) is 31.4 Å². The SMILES string of the molecule is C/C(=N/NC(=O)Cc1nc(C)cs1)c1ccc(-n2cncn2)cc1. The Hall–Kier alpha value is -2.87. The van der Waals surface area contributed by atoms with Crippen LogP contribution in [0.1, 0.15) is 23.2 Å². The molecule has 24 heavy (non-hydrogen) atoms. The monoisotopic (exact) mass is 340 g/mol. The molecule has 8 heteroatoms. The van der Waals surface area contributed by atoms with Gasteiger partial charge >= 0.3 is 0 Å². The summed E-state index contributed by atoms with van der Waals surface area (Å²) in [7, 11) is 0. The van der Waals surface area contributed by atoms with Crippen molar-refractivity contribution in [1.82, 2.24) is 25.2 Å². The lowest BCUT2D eigenvalue weighted by molar-refractivity contribution is -0.120. The average Bonchev–Trinajstić information content (AvgIpc) is 3.25. The molecule has 1 N–H and O–H groups in total. The highest BCUT2D eigenvalue weighted by Crippen LogP contribution is 2.10. The molecule has 0 bridgehead atoms. The second-order valence-electron chi connectivity index (χ2n) is 5.18. The Kier molecular flexibility index (Phi) is 4.76. The van der Waals surface area contributed by atoms with E-state index >= 15 is 0 Å². The van der Waals surface area contributed by atoms with Gasteiger partial charge in [-0.3, -0.25) is 4.79 Å².